The van der Waals surface area contributed by atoms with Crippen LogP contribution >= 0.6 is 0 Å². The molecule has 6 nitrogen and oxygen atoms in total. The smallest absolute Gasteiger partial charge is 0.325 e. The molecule has 3 N–H and O–H groups in total. The van der Waals surface area contributed by atoms with Gasteiger partial charge in [0.2, 0.25) is 0 Å². The zero-order chi connectivity index (χ0) is 10.8. The van der Waals surface area contributed by atoms with E-state index in [2.05, 4.69) is 20.7 Å². The fourth-order valence-corrected chi connectivity index (χ4v) is 1.28. The zero-order valence-electron chi connectivity index (χ0n) is 8.06. The summed E-state index contributed by atoms with van der Waals surface area (Å²) in [6, 6.07) is 4.70. The lowest BCUT2D eigenvalue weighted by Crippen LogP contribution is -2.25. The van der Waals surface area contributed by atoms with Crippen molar-refractivity contribution in [3.8, 4) is 0 Å². The molecule has 0 aliphatic rings. The van der Waals surface area contributed by atoms with Crippen LogP contribution in [-0.4, -0.2) is 32.5 Å². The largest absolute Gasteiger partial charge is 0.480 e. The minimum atomic E-state index is -0.907. The van der Waals surface area contributed by atoms with E-state index in [0.717, 1.165) is 0 Å². The van der Waals surface area contributed by atoms with Crippen molar-refractivity contribution in [3.05, 3.63) is 18.2 Å². The molecular formula is C9H10N4O2. The van der Waals surface area contributed by atoms with Crippen molar-refractivity contribution < 1.29 is 9.90 Å². The highest BCUT2D eigenvalue weighted by Crippen LogP contribution is 2.19. The van der Waals surface area contributed by atoms with Gasteiger partial charge in [0, 0.05) is 0 Å². The number of hydrogen-bond acceptors (Lipinski definition) is 4. The van der Waals surface area contributed by atoms with E-state index in [-0.39, 0.29) is 0 Å². The second-order valence-corrected chi connectivity index (χ2v) is 3.20. The molecule has 0 fully saturated rings. The number of aliphatic carboxylic acids is 1. The molecule has 0 spiro atoms. The maximum absolute atomic E-state index is 10.7. The van der Waals surface area contributed by atoms with Crippen molar-refractivity contribution in [2.24, 2.45) is 0 Å². The molecule has 1 atom stereocenters. The number of nitrogens with zero attached hydrogens (tertiary/aromatic N) is 2. The Morgan fingerprint density at radius 1 is 1.53 bits per heavy atom. The Balaban J connectivity index is 2.35. The van der Waals surface area contributed by atoms with Gasteiger partial charge in [-0.1, -0.05) is 6.07 Å². The fourth-order valence-electron chi connectivity index (χ4n) is 1.28. The summed E-state index contributed by atoms with van der Waals surface area (Å²) in [5.74, 6) is -0.907. The topological polar surface area (TPSA) is 90.9 Å². The lowest BCUT2D eigenvalue weighted by atomic mass is 10.2. The van der Waals surface area contributed by atoms with Crippen LogP contribution < -0.4 is 5.32 Å². The normalized spacial score (nSPS) is 12.6. The molecule has 1 aromatic heterocycles. The highest BCUT2D eigenvalue weighted by Gasteiger charge is 2.12. The molecule has 2 rings (SSSR count). The van der Waals surface area contributed by atoms with Gasteiger partial charge in [-0.3, -0.25) is 4.79 Å². The number of benzene rings is 1. The van der Waals surface area contributed by atoms with E-state index >= 15 is 0 Å². The predicted octanol–water partition coefficient (Wildman–Crippen LogP) is 0.843. The maximum atomic E-state index is 10.7. The number of hydrogen-bond donors (Lipinski definition) is 3. The number of carboxylic acids is 1. The van der Waals surface area contributed by atoms with Gasteiger partial charge < -0.3 is 10.4 Å². The Bertz CT molecular complexity index is 494. The molecule has 0 aliphatic carbocycles. The third-order valence-electron chi connectivity index (χ3n) is 2.09. The van der Waals surface area contributed by atoms with Gasteiger partial charge in [-0.05, 0) is 19.1 Å². The van der Waals surface area contributed by atoms with Crippen LogP contribution in [0.1, 0.15) is 6.92 Å². The predicted molar refractivity (Wildman–Crippen MR) is 54.6 cm³/mol. The van der Waals surface area contributed by atoms with Crippen molar-refractivity contribution in [3.63, 3.8) is 0 Å². The van der Waals surface area contributed by atoms with Crippen LogP contribution in [-0.2, 0) is 4.79 Å². The quantitative estimate of drug-likeness (QED) is 0.692. The number of anilines is 1. The second kappa shape index (κ2) is 3.56. The van der Waals surface area contributed by atoms with Gasteiger partial charge in [-0.2, -0.15) is 15.4 Å². The monoisotopic (exact) mass is 206 g/mol. The van der Waals surface area contributed by atoms with Crippen LogP contribution in [0.5, 0.6) is 0 Å². The Labute approximate surface area is 85.3 Å². The summed E-state index contributed by atoms with van der Waals surface area (Å²) in [4.78, 5) is 10.7. The van der Waals surface area contributed by atoms with E-state index in [0.29, 0.717) is 16.7 Å². The maximum Gasteiger partial charge on any atom is 0.325 e. The summed E-state index contributed by atoms with van der Waals surface area (Å²) in [5.41, 5.74) is 2.01. The van der Waals surface area contributed by atoms with Crippen molar-refractivity contribution >= 4 is 22.7 Å². The molecular weight excluding hydrogens is 196 g/mol. The number of rotatable bonds is 3. The number of carbonyl (C=O) groups is 1. The summed E-state index contributed by atoms with van der Waals surface area (Å²) in [6.07, 6.45) is 0. The van der Waals surface area contributed by atoms with Crippen molar-refractivity contribution in [2.75, 3.05) is 5.32 Å². The Morgan fingerprint density at radius 2 is 2.33 bits per heavy atom. The first kappa shape index (κ1) is 9.45. The number of fused-ring (bicyclic) bond motifs is 1. The third kappa shape index (κ3) is 1.74. The van der Waals surface area contributed by atoms with Gasteiger partial charge in [0.15, 0.2) is 0 Å². The number of carboxylic acid groups (broad SMARTS) is 1. The fraction of sp³-hybridized carbons (Fsp3) is 0.222. The Kier molecular flexibility index (Phi) is 2.24. The van der Waals surface area contributed by atoms with Crippen LogP contribution in [0.4, 0.5) is 5.69 Å². The van der Waals surface area contributed by atoms with E-state index in [9.17, 15) is 4.79 Å². The number of H-pyrrole nitrogens is 1. The zero-order valence-corrected chi connectivity index (χ0v) is 8.06. The molecule has 15 heavy (non-hydrogen) atoms. The van der Waals surface area contributed by atoms with Crippen LogP contribution in [0.2, 0.25) is 0 Å². The Hall–Kier alpha value is -2.11. The lowest BCUT2D eigenvalue weighted by molar-refractivity contribution is -0.137. The summed E-state index contributed by atoms with van der Waals surface area (Å²) in [7, 11) is 0. The molecule has 2 aromatic rings. The molecule has 1 heterocycles. The van der Waals surface area contributed by atoms with Crippen molar-refractivity contribution in [1.82, 2.24) is 15.4 Å². The average molecular weight is 206 g/mol. The molecule has 0 saturated carbocycles. The number of para-hydroxylation sites is 1. The molecule has 6 heteroatoms. The first-order chi connectivity index (χ1) is 7.18. The second-order valence-electron chi connectivity index (χ2n) is 3.20. The minimum absolute atomic E-state index is 0.644. The number of aromatic amines is 1. The molecule has 0 aliphatic heterocycles. The summed E-state index contributed by atoms with van der Waals surface area (Å²) in [5, 5.41) is 21.9. The standard InChI is InChI=1S/C9H10N4O2/c1-5(9(14)15)10-6-3-2-4-7-8(6)12-13-11-7/h2-5,10H,1H3,(H,14,15)(H,11,12,13)/t5-/m0/s1. The summed E-state index contributed by atoms with van der Waals surface area (Å²) in [6.45, 7) is 1.57. The van der Waals surface area contributed by atoms with E-state index in [4.69, 9.17) is 5.11 Å². The molecule has 0 saturated heterocycles. The van der Waals surface area contributed by atoms with Crippen LogP contribution in [0.15, 0.2) is 18.2 Å². The van der Waals surface area contributed by atoms with E-state index in [1.54, 1.807) is 25.1 Å². The minimum Gasteiger partial charge on any atom is -0.480 e. The molecule has 0 amide bonds. The van der Waals surface area contributed by atoms with Gasteiger partial charge in [0.1, 0.15) is 17.1 Å². The molecule has 0 unspecified atom stereocenters. The molecule has 1 aromatic carbocycles. The third-order valence-corrected chi connectivity index (χ3v) is 2.09. The van der Waals surface area contributed by atoms with Crippen molar-refractivity contribution in [2.45, 2.75) is 13.0 Å². The highest BCUT2D eigenvalue weighted by atomic mass is 16.4. The van der Waals surface area contributed by atoms with Crippen molar-refractivity contribution in [1.29, 1.82) is 0 Å². The summed E-state index contributed by atoms with van der Waals surface area (Å²) >= 11 is 0. The summed E-state index contributed by atoms with van der Waals surface area (Å²) < 4.78 is 0. The molecule has 0 radical (unpaired) electrons. The lowest BCUT2D eigenvalue weighted by Gasteiger charge is -2.10. The van der Waals surface area contributed by atoms with Gasteiger partial charge >= 0.3 is 5.97 Å². The van der Waals surface area contributed by atoms with E-state index in [1.165, 1.54) is 0 Å². The van der Waals surface area contributed by atoms with Gasteiger partial charge in [-0.15, -0.1) is 0 Å². The van der Waals surface area contributed by atoms with Gasteiger partial charge in [0.25, 0.3) is 0 Å². The first-order valence-electron chi connectivity index (χ1n) is 4.47. The average Bonchev–Trinajstić information content (AvgIpc) is 2.66. The number of aromatic nitrogens is 3. The van der Waals surface area contributed by atoms with E-state index in [1.807, 2.05) is 0 Å². The Morgan fingerprint density at radius 3 is 3.07 bits per heavy atom. The van der Waals surface area contributed by atoms with Gasteiger partial charge in [-0.25, -0.2) is 0 Å². The molecule has 78 valence electrons. The van der Waals surface area contributed by atoms with Crippen LogP contribution in [0.3, 0.4) is 0 Å². The first-order valence-corrected chi connectivity index (χ1v) is 4.47. The van der Waals surface area contributed by atoms with Crippen LogP contribution in [0, 0.1) is 0 Å². The SMILES string of the molecule is C[C@H](Nc1cccc2n[nH]nc12)C(=O)O. The van der Waals surface area contributed by atoms with Crippen LogP contribution in [0.25, 0.3) is 11.0 Å². The highest BCUT2D eigenvalue weighted by molar-refractivity contribution is 5.89. The number of nitrogens with one attached hydrogen (secondary N) is 2. The molecule has 0 bridgehead atoms. The van der Waals surface area contributed by atoms with E-state index < -0.39 is 12.0 Å². The van der Waals surface area contributed by atoms with Gasteiger partial charge in [0.05, 0.1) is 5.69 Å².